The van der Waals surface area contributed by atoms with E-state index in [-0.39, 0.29) is 0 Å². The Balaban J connectivity index is 1.63. The normalized spacial score (nSPS) is 14.8. The summed E-state index contributed by atoms with van der Waals surface area (Å²) in [5, 5.41) is 14.8. The first-order valence-electron chi connectivity index (χ1n) is 9.28. The number of esters is 1. The molecule has 1 aliphatic rings. The van der Waals surface area contributed by atoms with Crippen LogP contribution in [0.5, 0.6) is 0 Å². The van der Waals surface area contributed by atoms with Gasteiger partial charge in [0.05, 0.1) is 5.56 Å². The van der Waals surface area contributed by atoms with E-state index in [2.05, 4.69) is 11.4 Å². The van der Waals surface area contributed by atoms with Gasteiger partial charge in [-0.2, -0.15) is 5.26 Å². The predicted molar refractivity (Wildman–Crippen MR) is 113 cm³/mol. The zero-order valence-corrected chi connectivity index (χ0v) is 17.5. The average Bonchev–Trinajstić information content (AvgIpc) is 3.14. The smallest absolute Gasteiger partial charge is 0.331 e. The summed E-state index contributed by atoms with van der Waals surface area (Å²) in [4.78, 5) is 26.6. The number of rotatable bonds is 5. The van der Waals surface area contributed by atoms with Crippen LogP contribution in [0.1, 0.15) is 52.6 Å². The van der Waals surface area contributed by atoms with Gasteiger partial charge >= 0.3 is 5.97 Å². The fraction of sp³-hybridized carbons (Fsp3) is 0.381. The summed E-state index contributed by atoms with van der Waals surface area (Å²) < 4.78 is 5.21. The number of nitrogens with one attached hydrogen (secondary N) is 1. The second kappa shape index (κ2) is 9.18. The van der Waals surface area contributed by atoms with Crippen LogP contribution in [-0.2, 0) is 27.2 Å². The van der Waals surface area contributed by atoms with Gasteiger partial charge in [-0.3, -0.25) is 4.79 Å². The highest BCUT2D eigenvalue weighted by Crippen LogP contribution is 2.37. The maximum absolute atomic E-state index is 12.5. The summed E-state index contributed by atoms with van der Waals surface area (Å²) >= 11 is 3.00. The molecule has 3 rings (SSSR count). The number of aryl methyl sites for hydroxylation is 2. The molecule has 1 atom stereocenters. The van der Waals surface area contributed by atoms with E-state index in [4.69, 9.17) is 4.74 Å². The summed E-state index contributed by atoms with van der Waals surface area (Å²) in [7, 11) is 0. The van der Waals surface area contributed by atoms with Crippen LogP contribution >= 0.6 is 22.7 Å². The lowest BCUT2D eigenvalue weighted by molar-refractivity contribution is -0.148. The van der Waals surface area contributed by atoms with E-state index in [0.717, 1.165) is 41.7 Å². The quantitative estimate of drug-likeness (QED) is 0.431. The van der Waals surface area contributed by atoms with Crippen molar-refractivity contribution in [2.75, 3.05) is 5.32 Å². The van der Waals surface area contributed by atoms with Crippen LogP contribution < -0.4 is 5.32 Å². The van der Waals surface area contributed by atoms with Gasteiger partial charge in [-0.1, -0.05) is 6.42 Å². The summed E-state index contributed by atoms with van der Waals surface area (Å²) in [5.41, 5.74) is 2.71. The van der Waals surface area contributed by atoms with E-state index in [1.807, 2.05) is 18.4 Å². The number of amides is 1. The third kappa shape index (κ3) is 4.70. The topological polar surface area (TPSA) is 79.2 Å². The molecule has 0 saturated carbocycles. The Bertz CT molecular complexity index is 949. The molecular weight excluding hydrogens is 392 g/mol. The van der Waals surface area contributed by atoms with Gasteiger partial charge < -0.3 is 10.1 Å². The van der Waals surface area contributed by atoms with Crippen molar-refractivity contribution in [1.29, 1.82) is 5.26 Å². The van der Waals surface area contributed by atoms with Gasteiger partial charge in [0.25, 0.3) is 5.91 Å². The number of carbonyl (C=O) groups is 2. The van der Waals surface area contributed by atoms with Gasteiger partial charge in [-0.05, 0) is 68.2 Å². The van der Waals surface area contributed by atoms with Crippen molar-refractivity contribution in [3.05, 3.63) is 44.0 Å². The van der Waals surface area contributed by atoms with Crippen molar-refractivity contribution in [1.82, 2.24) is 0 Å². The fourth-order valence-electron chi connectivity index (χ4n) is 3.13. The molecule has 0 fully saturated rings. The maximum atomic E-state index is 12.5. The van der Waals surface area contributed by atoms with Crippen LogP contribution in [0.2, 0.25) is 0 Å². The highest BCUT2D eigenvalue weighted by molar-refractivity contribution is 7.16. The minimum atomic E-state index is -0.949. The van der Waals surface area contributed by atoms with E-state index >= 15 is 0 Å². The minimum absolute atomic E-state index is 0.429. The van der Waals surface area contributed by atoms with Crippen LogP contribution in [0.4, 0.5) is 5.00 Å². The molecule has 0 aromatic carbocycles. The summed E-state index contributed by atoms with van der Waals surface area (Å²) in [5.74, 6) is -1.00. The monoisotopic (exact) mass is 414 g/mol. The second-order valence-electron chi connectivity index (χ2n) is 6.75. The van der Waals surface area contributed by atoms with Crippen molar-refractivity contribution in [2.24, 2.45) is 0 Å². The molecule has 0 aliphatic heterocycles. The number of anilines is 1. The van der Waals surface area contributed by atoms with Crippen LogP contribution in [-0.4, -0.2) is 18.0 Å². The van der Waals surface area contributed by atoms with E-state index in [9.17, 15) is 14.9 Å². The number of nitrogens with zero attached hydrogens (tertiary/aromatic N) is 1. The Kier molecular flexibility index (Phi) is 6.65. The zero-order valence-electron chi connectivity index (χ0n) is 15.9. The molecule has 0 saturated heterocycles. The van der Waals surface area contributed by atoms with Crippen molar-refractivity contribution in [2.45, 2.75) is 52.1 Å². The molecule has 1 aliphatic carbocycles. The van der Waals surface area contributed by atoms with Gasteiger partial charge in [-0.25, -0.2) is 4.79 Å². The van der Waals surface area contributed by atoms with Crippen molar-refractivity contribution >= 4 is 45.6 Å². The number of fused-ring (bicyclic) bond motifs is 1. The molecule has 2 aromatic heterocycles. The molecule has 2 aromatic rings. The molecule has 0 bridgehead atoms. The first-order valence-corrected chi connectivity index (χ1v) is 11.0. The van der Waals surface area contributed by atoms with Crippen LogP contribution in [0, 0.1) is 18.3 Å². The first kappa shape index (κ1) is 20.3. The molecule has 2 heterocycles. The van der Waals surface area contributed by atoms with Crippen LogP contribution in [0.25, 0.3) is 6.08 Å². The number of ether oxygens (including phenoxy) is 1. The maximum Gasteiger partial charge on any atom is 0.331 e. The molecule has 28 heavy (non-hydrogen) atoms. The van der Waals surface area contributed by atoms with E-state index in [1.54, 1.807) is 6.08 Å². The SMILES string of the molecule is Cc1ccsc1/C=C/C(=O)O[C@@H](C)C(=O)Nc1sc2c(c1C#N)CCCCC2. The molecule has 0 radical (unpaired) electrons. The lowest BCUT2D eigenvalue weighted by atomic mass is 10.1. The Labute approximate surface area is 172 Å². The molecule has 1 amide bonds. The second-order valence-corrected chi connectivity index (χ2v) is 8.80. The largest absolute Gasteiger partial charge is 0.449 e. The Morgan fingerprint density at radius 3 is 2.82 bits per heavy atom. The van der Waals surface area contributed by atoms with Crippen LogP contribution in [0.3, 0.4) is 0 Å². The predicted octanol–water partition coefficient (Wildman–Crippen LogP) is 4.84. The Hall–Kier alpha value is -2.43. The molecule has 146 valence electrons. The van der Waals surface area contributed by atoms with Gasteiger partial charge in [0.2, 0.25) is 0 Å². The molecule has 7 heteroatoms. The molecule has 5 nitrogen and oxygen atoms in total. The summed E-state index contributed by atoms with van der Waals surface area (Å²) in [6, 6.07) is 4.21. The van der Waals surface area contributed by atoms with E-state index in [1.165, 1.54) is 47.0 Å². The van der Waals surface area contributed by atoms with E-state index in [0.29, 0.717) is 10.6 Å². The number of carbonyl (C=O) groups excluding carboxylic acids is 2. The first-order chi connectivity index (χ1) is 13.5. The van der Waals surface area contributed by atoms with Crippen molar-refractivity contribution in [3.63, 3.8) is 0 Å². The highest BCUT2D eigenvalue weighted by Gasteiger charge is 2.23. The lowest BCUT2D eigenvalue weighted by Crippen LogP contribution is -2.29. The number of hydrogen-bond acceptors (Lipinski definition) is 6. The Morgan fingerprint density at radius 2 is 2.11 bits per heavy atom. The summed E-state index contributed by atoms with van der Waals surface area (Å²) in [6.07, 6.45) is 7.23. The summed E-state index contributed by atoms with van der Waals surface area (Å²) in [6.45, 7) is 3.50. The standard InChI is InChI=1S/C21H22N2O3S2/c1-13-10-11-27-17(13)8-9-19(24)26-14(2)20(25)23-21-16(12-22)15-6-4-3-5-7-18(15)28-21/h8-11,14H,3-7H2,1-2H3,(H,23,25)/b9-8+/t14-/m0/s1. The third-order valence-electron chi connectivity index (χ3n) is 4.70. The van der Waals surface area contributed by atoms with Gasteiger partial charge in [0.1, 0.15) is 11.1 Å². The lowest BCUT2D eigenvalue weighted by Gasteiger charge is -2.11. The zero-order chi connectivity index (χ0) is 20.1. The number of thiophene rings is 2. The fourth-order valence-corrected chi connectivity index (χ4v) is 5.19. The highest BCUT2D eigenvalue weighted by atomic mass is 32.1. The van der Waals surface area contributed by atoms with E-state index < -0.39 is 18.0 Å². The van der Waals surface area contributed by atoms with Crippen molar-refractivity contribution < 1.29 is 14.3 Å². The number of hydrogen-bond donors (Lipinski definition) is 1. The average molecular weight is 415 g/mol. The molecular formula is C21H22N2O3S2. The Morgan fingerprint density at radius 1 is 1.32 bits per heavy atom. The molecule has 1 N–H and O–H groups in total. The minimum Gasteiger partial charge on any atom is -0.449 e. The van der Waals surface area contributed by atoms with Gasteiger partial charge in [0.15, 0.2) is 6.10 Å². The van der Waals surface area contributed by atoms with Crippen molar-refractivity contribution in [3.8, 4) is 6.07 Å². The van der Waals surface area contributed by atoms with Gasteiger partial charge in [-0.15, -0.1) is 22.7 Å². The number of nitriles is 1. The van der Waals surface area contributed by atoms with Crippen LogP contribution in [0.15, 0.2) is 17.5 Å². The molecule has 0 unspecified atom stereocenters. The third-order valence-corrected chi connectivity index (χ3v) is 6.90. The van der Waals surface area contributed by atoms with Gasteiger partial charge in [0, 0.05) is 15.8 Å². The molecule has 0 spiro atoms.